The van der Waals surface area contributed by atoms with E-state index in [1.807, 2.05) is 18.2 Å². The first kappa shape index (κ1) is 24.0. The van der Waals surface area contributed by atoms with Crippen molar-refractivity contribution in [2.75, 3.05) is 26.3 Å². The van der Waals surface area contributed by atoms with Gasteiger partial charge in [0.25, 0.3) is 0 Å². The minimum atomic E-state index is -4.41. The molecule has 1 aliphatic heterocycles. The Bertz CT molecular complexity index is 1150. The van der Waals surface area contributed by atoms with Crippen LogP contribution in [0.5, 0.6) is 0 Å². The molecule has 1 saturated heterocycles. The predicted octanol–water partition coefficient (Wildman–Crippen LogP) is 6.12. The van der Waals surface area contributed by atoms with Gasteiger partial charge in [-0.1, -0.05) is 48.5 Å². The average Bonchev–Trinajstić information content (AvgIpc) is 2.87. The summed E-state index contributed by atoms with van der Waals surface area (Å²) in [4.78, 5) is 0. The summed E-state index contributed by atoms with van der Waals surface area (Å²) in [6.45, 7) is 2.86. The van der Waals surface area contributed by atoms with Gasteiger partial charge >= 0.3 is 6.18 Å². The molecule has 0 unspecified atom stereocenters. The molecule has 1 heterocycles. The first-order valence-corrected chi connectivity index (χ1v) is 11.5. The minimum Gasteiger partial charge on any atom is -0.380 e. The van der Waals surface area contributed by atoms with Crippen molar-refractivity contribution in [2.24, 2.45) is 0 Å². The predicted molar refractivity (Wildman–Crippen MR) is 126 cm³/mol. The molecule has 3 aromatic carbocycles. The SMILES string of the molecule is N#Cc1ccc(-c2cccc(C(F)(F)F)c2)c(CCOCC2(c3ccccc3)CCNCC2)c1. The summed E-state index contributed by atoms with van der Waals surface area (Å²) in [5.41, 5.74) is 2.98. The van der Waals surface area contributed by atoms with E-state index in [1.165, 1.54) is 11.6 Å². The molecule has 34 heavy (non-hydrogen) atoms. The Hall–Kier alpha value is -3.14. The number of nitriles is 1. The Balaban J connectivity index is 1.51. The number of hydrogen-bond donors (Lipinski definition) is 1. The summed E-state index contributed by atoms with van der Waals surface area (Å²) < 4.78 is 45.9. The lowest BCUT2D eigenvalue weighted by Gasteiger charge is -2.38. The molecule has 3 nitrogen and oxygen atoms in total. The van der Waals surface area contributed by atoms with Gasteiger partial charge in [0.15, 0.2) is 0 Å². The zero-order valence-corrected chi connectivity index (χ0v) is 18.9. The number of nitrogens with one attached hydrogen (secondary N) is 1. The van der Waals surface area contributed by atoms with Gasteiger partial charge in [0.2, 0.25) is 0 Å². The molecule has 0 amide bonds. The first-order chi connectivity index (χ1) is 16.4. The third-order valence-electron chi connectivity index (χ3n) is 6.58. The molecule has 0 atom stereocenters. The third-order valence-corrected chi connectivity index (χ3v) is 6.58. The van der Waals surface area contributed by atoms with Crippen LogP contribution in [0.1, 0.15) is 35.1 Å². The van der Waals surface area contributed by atoms with Crippen LogP contribution in [-0.2, 0) is 22.7 Å². The second-order valence-electron chi connectivity index (χ2n) is 8.76. The summed E-state index contributed by atoms with van der Waals surface area (Å²) in [5.74, 6) is 0. The minimum absolute atomic E-state index is 0.0507. The highest BCUT2D eigenvalue weighted by Gasteiger charge is 2.34. The Morgan fingerprint density at radius 2 is 1.71 bits per heavy atom. The molecule has 0 aliphatic carbocycles. The summed E-state index contributed by atoms with van der Waals surface area (Å²) in [6.07, 6.45) is -1.94. The van der Waals surface area contributed by atoms with Crippen LogP contribution in [0.15, 0.2) is 72.8 Å². The van der Waals surface area contributed by atoms with Crippen LogP contribution in [-0.4, -0.2) is 26.3 Å². The number of halogens is 3. The number of benzene rings is 3. The van der Waals surface area contributed by atoms with Crippen molar-refractivity contribution < 1.29 is 17.9 Å². The van der Waals surface area contributed by atoms with Crippen molar-refractivity contribution in [3.63, 3.8) is 0 Å². The average molecular weight is 465 g/mol. The second-order valence-corrected chi connectivity index (χ2v) is 8.76. The van der Waals surface area contributed by atoms with Crippen LogP contribution in [0.4, 0.5) is 13.2 Å². The van der Waals surface area contributed by atoms with E-state index in [2.05, 4.69) is 23.5 Å². The molecular weight excluding hydrogens is 437 g/mol. The largest absolute Gasteiger partial charge is 0.416 e. The topological polar surface area (TPSA) is 45.0 Å². The van der Waals surface area contributed by atoms with Crippen molar-refractivity contribution in [1.82, 2.24) is 5.32 Å². The molecule has 0 spiro atoms. The van der Waals surface area contributed by atoms with Gasteiger partial charge in [0.05, 0.1) is 30.4 Å². The van der Waals surface area contributed by atoms with E-state index in [1.54, 1.807) is 24.3 Å². The second kappa shape index (κ2) is 10.4. The molecule has 176 valence electrons. The number of rotatable bonds is 7. The fourth-order valence-corrected chi connectivity index (χ4v) is 4.68. The molecule has 1 fully saturated rings. The standard InChI is InChI=1S/C28H27F3N2O/c29-28(30,31)25-8-4-5-22(18-25)26-10-9-21(19-32)17-23(26)11-16-34-20-27(12-14-33-15-13-27)24-6-2-1-3-7-24/h1-10,17-18,33H,11-16,20H2. The maximum absolute atomic E-state index is 13.2. The molecular formula is C28H27F3N2O. The van der Waals surface area contributed by atoms with Crippen molar-refractivity contribution in [3.05, 3.63) is 95.1 Å². The lowest BCUT2D eigenvalue weighted by molar-refractivity contribution is -0.137. The lowest BCUT2D eigenvalue weighted by Crippen LogP contribution is -2.43. The summed E-state index contributed by atoms with van der Waals surface area (Å²) in [5, 5.41) is 12.8. The van der Waals surface area contributed by atoms with Crippen molar-refractivity contribution in [1.29, 1.82) is 5.26 Å². The van der Waals surface area contributed by atoms with Gasteiger partial charge in [-0.25, -0.2) is 0 Å². The Kier molecular flexibility index (Phi) is 7.35. The van der Waals surface area contributed by atoms with Gasteiger partial charge in [-0.3, -0.25) is 0 Å². The third kappa shape index (κ3) is 5.49. The smallest absolute Gasteiger partial charge is 0.380 e. The number of ether oxygens (including phenoxy) is 1. The Labute approximate surface area is 198 Å². The van der Waals surface area contributed by atoms with Gasteiger partial charge in [-0.15, -0.1) is 0 Å². The van der Waals surface area contributed by atoms with Crippen molar-refractivity contribution >= 4 is 0 Å². The molecule has 0 saturated carbocycles. The Morgan fingerprint density at radius 1 is 0.941 bits per heavy atom. The van der Waals surface area contributed by atoms with E-state index in [0.717, 1.165) is 43.6 Å². The van der Waals surface area contributed by atoms with E-state index in [9.17, 15) is 18.4 Å². The fraction of sp³-hybridized carbons (Fsp3) is 0.321. The molecule has 0 bridgehead atoms. The van der Waals surface area contributed by atoms with Crippen LogP contribution in [0.25, 0.3) is 11.1 Å². The normalized spacial score (nSPS) is 15.6. The number of hydrogen-bond acceptors (Lipinski definition) is 3. The molecule has 1 aliphatic rings. The molecule has 0 radical (unpaired) electrons. The van der Waals surface area contributed by atoms with Gasteiger partial charge in [0, 0.05) is 5.41 Å². The maximum Gasteiger partial charge on any atom is 0.416 e. The van der Waals surface area contributed by atoms with Crippen LogP contribution >= 0.6 is 0 Å². The molecule has 6 heteroatoms. The quantitative estimate of drug-likeness (QED) is 0.428. The van der Waals surface area contributed by atoms with Gasteiger partial charge in [0.1, 0.15) is 0 Å². The van der Waals surface area contributed by atoms with Crippen molar-refractivity contribution in [2.45, 2.75) is 30.9 Å². The van der Waals surface area contributed by atoms with E-state index in [0.29, 0.717) is 36.3 Å². The number of alkyl halides is 3. The zero-order chi connectivity index (χ0) is 24.0. The molecule has 0 aromatic heterocycles. The van der Waals surface area contributed by atoms with E-state index in [-0.39, 0.29) is 5.41 Å². The van der Waals surface area contributed by atoms with Gasteiger partial charge < -0.3 is 10.1 Å². The van der Waals surface area contributed by atoms with E-state index < -0.39 is 11.7 Å². The van der Waals surface area contributed by atoms with Gasteiger partial charge in [-0.2, -0.15) is 18.4 Å². The molecule has 3 aromatic rings. The van der Waals surface area contributed by atoms with Crippen LogP contribution in [0.3, 0.4) is 0 Å². The highest BCUT2D eigenvalue weighted by molar-refractivity contribution is 5.69. The van der Waals surface area contributed by atoms with E-state index in [4.69, 9.17) is 4.74 Å². The highest BCUT2D eigenvalue weighted by Crippen LogP contribution is 2.35. The highest BCUT2D eigenvalue weighted by atomic mass is 19.4. The van der Waals surface area contributed by atoms with Crippen LogP contribution in [0.2, 0.25) is 0 Å². The van der Waals surface area contributed by atoms with E-state index >= 15 is 0 Å². The molecule has 4 rings (SSSR count). The fourth-order valence-electron chi connectivity index (χ4n) is 4.68. The lowest BCUT2D eigenvalue weighted by atomic mass is 9.74. The van der Waals surface area contributed by atoms with Crippen LogP contribution < -0.4 is 5.32 Å². The number of piperidine rings is 1. The zero-order valence-electron chi connectivity index (χ0n) is 18.9. The van der Waals surface area contributed by atoms with Crippen molar-refractivity contribution in [3.8, 4) is 17.2 Å². The summed E-state index contributed by atoms with van der Waals surface area (Å²) in [7, 11) is 0. The van der Waals surface area contributed by atoms with Gasteiger partial charge in [-0.05, 0) is 78.9 Å². The molecule has 1 N–H and O–H groups in total. The monoisotopic (exact) mass is 464 g/mol. The van der Waals surface area contributed by atoms with Crippen LogP contribution in [0, 0.1) is 11.3 Å². The number of nitrogens with zero attached hydrogens (tertiary/aromatic N) is 1. The summed E-state index contributed by atoms with van der Waals surface area (Å²) >= 11 is 0. The Morgan fingerprint density at radius 3 is 2.41 bits per heavy atom. The first-order valence-electron chi connectivity index (χ1n) is 11.5. The maximum atomic E-state index is 13.2. The summed E-state index contributed by atoms with van der Waals surface area (Å²) in [6, 6.07) is 22.9.